The van der Waals surface area contributed by atoms with Crippen LogP contribution in [0.2, 0.25) is 0 Å². The number of rotatable bonds is 8. The number of nitrogens with one attached hydrogen (secondary N) is 1. The molecule has 6 nitrogen and oxygen atoms in total. The lowest BCUT2D eigenvalue weighted by Crippen LogP contribution is -2.07. The molecule has 0 unspecified atom stereocenters. The van der Waals surface area contributed by atoms with Gasteiger partial charge in [-0.1, -0.05) is 83.8 Å². The number of amides is 1. The Balaban J connectivity index is 1.15. The smallest absolute Gasteiger partial charge is 0.250 e. The van der Waals surface area contributed by atoms with Gasteiger partial charge in [0.1, 0.15) is 5.82 Å². The number of para-hydroxylation sites is 1. The number of anilines is 1. The van der Waals surface area contributed by atoms with Crippen LogP contribution in [-0.4, -0.2) is 25.9 Å². The standard InChI is InChI=1S/C31H22FN5OS2/c32-25-16-13-22(14-17-25)29-23(19-37(36-29)26-10-2-1-3-11-26)15-18-28(38)33-30-34-35-31(40-30)39-20-24-9-6-8-21-7-4-5-12-27(21)24/h1-19H,20H2,(H,33,34,38). The van der Waals surface area contributed by atoms with Crippen molar-refractivity contribution in [2.75, 3.05) is 5.32 Å². The van der Waals surface area contributed by atoms with E-state index in [9.17, 15) is 9.18 Å². The fourth-order valence-corrected chi connectivity index (χ4v) is 6.00. The third-order valence-electron chi connectivity index (χ3n) is 6.16. The van der Waals surface area contributed by atoms with Gasteiger partial charge in [-0.05, 0) is 58.8 Å². The molecule has 0 saturated carbocycles. The summed E-state index contributed by atoms with van der Waals surface area (Å²) in [6.07, 6.45) is 4.96. The molecule has 2 aromatic heterocycles. The van der Waals surface area contributed by atoms with Crippen LogP contribution >= 0.6 is 23.1 Å². The van der Waals surface area contributed by atoms with Crippen LogP contribution in [0.25, 0.3) is 33.8 Å². The first kappa shape index (κ1) is 25.7. The maximum atomic E-state index is 13.5. The summed E-state index contributed by atoms with van der Waals surface area (Å²) in [4.78, 5) is 12.7. The molecular weight excluding hydrogens is 542 g/mol. The van der Waals surface area contributed by atoms with Gasteiger partial charge < -0.3 is 0 Å². The molecule has 0 radical (unpaired) electrons. The van der Waals surface area contributed by atoms with E-state index < -0.39 is 0 Å². The monoisotopic (exact) mass is 563 g/mol. The van der Waals surface area contributed by atoms with Crippen molar-refractivity contribution in [3.63, 3.8) is 0 Å². The number of carbonyl (C=O) groups is 1. The predicted octanol–water partition coefficient (Wildman–Crippen LogP) is 7.63. The molecule has 0 aliphatic rings. The second-order valence-corrected chi connectivity index (χ2v) is 11.0. The van der Waals surface area contributed by atoms with Crippen LogP contribution in [0, 0.1) is 5.82 Å². The Bertz CT molecular complexity index is 1810. The molecular formula is C31H22FN5OS2. The second kappa shape index (κ2) is 11.6. The normalized spacial score (nSPS) is 11.3. The van der Waals surface area contributed by atoms with Crippen molar-refractivity contribution in [1.82, 2.24) is 20.0 Å². The molecule has 0 fully saturated rings. The zero-order chi connectivity index (χ0) is 27.3. The van der Waals surface area contributed by atoms with Crippen LogP contribution < -0.4 is 5.32 Å². The highest BCUT2D eigenvalue weighted by Crippen LogP contribution is 2.31. The van der Waals surface area contributed by atoms with Crippen molar-refractivity contribution in [3.05, 3.63) is 126 Å². The van der Waals surface area contributed by atoms with Gasteiger partial charge in [-0.25, -0.2) is 9.07 Å². The molecule has 0 atom stereocenters. The molecule has 0 aliphatic heterocycles. The number of fused-ring (bicyclic) bond motifs is 1. The highest BCUT2D eigenvalue weighted by Gasteiger charge is 2.12. The average molecular weight is 564 g/mol. The minimum Gasteiger partial charge on any atom is -0.297 e. The Morgan fingerprint density at radius 3 is 2.55 bits per heavy atom. The van der Waals surface area contributed by atoms with Gasteiger partial charge in [0.05, 0.1) is 11.4 Å². The Labute approximate surface area is 238 Å². The molecule has 40 heavy (non-hydrogen) atoms. The highest BCUT2D eigenvalue weighted by atomic mass is 32.2. The van der Waals surface area contributed by atoms with Gasteiger partial charge in [-0.2, -0.15) is 5.10 Å². The van der Waals surface area contributed by atoms with Gasteiger partial charge in [-0.3, -0.25) is 10.1 Å². The van der Waals surface area contributed by atoms with Crippen LogP contribution in [0.1, 0.15) is 11.1 Å². The molecule has 6 aromatic rings. The van der Waals surface area contributed by atoms with Crippen LogP contribution in [-0.2, 0) is 10.5 Å². The highest BCUT2D eigenvalue weighted by molar-refractivity contribution is 8.00. The van der Waals surface area contributed by atoms with E-state index in [0.29, 0.717) is 16.4 Å². The van der Waals surface area contributed by atoms with Gasteiger partial charge in [0.2, 0.25) is 11.0 Å². The summed E-state index contributed by atoms with van der Waals surface area (Å²) < 4.78 is 16.0. The molecule has 0 spiro atoms. The number of thioether (sulfide) groups is 1. The number of hydrogen-bond acceptors (Lipinski definition) is 6. The third kappa shape index (κ3) is 5.85. The van der Waals surface area contributed by atoms with E-state index in [2.05, 4.69) is 45.8 Å². The van der Waals surface area contributed by atoms with E-state index in [1.165, 1.54) is 45.9 Å². The maximum absolute atomic E-state index is 13.5. The fourth-order valence-electron chi connectivity index (χ4n) is 4.24. The summed E-state index contributed by atoms with van der Waals surface area (Å²) in [6.45, 7) is 0. The Kier molecular flexibility index (Phi) is 7.47. The quantitative estimate of drug-likeness (QED) is 0.117. The van der Waals surface area contributed by atoms with Gasteiger partial charge in [0, 0.05) is 29.2 Å². The molecule has 196 valence electrons. The summed E-state index contributed by atoms with van der Waals surface area (Å²) in [7, 11) is 0. The van der Waals surface area contributed by atoms with E-state index in [-0.39, 0.29) is 11.7 Å². The molecule has 6 rings (SSSR count). The first-order valence-corrected chi connectivity index (χ1v) is 14.3. The van der Waals surface area contributed by atoms with Gasteiger partial charge in [-0.15, -0.1) is 10.2 Å². The number of aromatic nitrogens is 4. The SMILES string of the molecule is O=C(C=Cc1cn(-c2ccccc2)nc1-c1ccc(F)cc1)Nc1nnc(SCc2cccc3ccccc23)s1. The first-order valence-electron chi connectivity index (χ1n) is 12.5. The molecule has 9 heteroatoms. The fraction of sp³-hybridized carbons (Fsp3) is 0.0323. The van der Waals surface area contributed by atoms with Gasteiger partial charge in [0.15, 0.2) is 4.34 Å². The van der Waals surface area contributed by atoms with Crippen molar-refractivity contribution < 1.29 is 9.18 Å². The van der Waals surface area contributed by atoms with Crippen molar-refractivity contribution in [1.29, 1.82) is 0 Å². The lowest BCUT2D eigenvalue weighted by molar-refractivity contribution is -0.111. The lowest BCUT2D eigenvalue weighted by atomic mass is 10.1. The summed E-state index contributed by atoms with van der Waals surface area (Å²) in [5, 5.41) is 18.7. The van der Waals surface area contributed by atoms with Crippen molar-refractivity contribution >= 4 is 51.0 Å². The largest absolute Gasteiger partial charge is 0.297 e. The van der Waals surface area contributed by atoms with E-state index >= 15 is 0 Å². The number of halogens is 1. The molecule has 0 bridgehead atoms. The molecule has 0 saturated heterocycles. The molecule has 1 N–H and O–H groups in total. The van der Waals surface area contributed by atoms with Crippen LogP contribution in [0.3, 0.4) is 0 Å². The van der Waals surface area contributed by atoms with E-state index in [4.69, 9.17) is 5.10 Å². The number of hydrogen-bond donors (Lipinski definition) is 1. The Morgan fingerprint density at radius 2 is 1.70 bits per heavy atom. The first-order chi connectivity index (χ1) is 19.6. The van der Waals surface area contributed by atoms with Crippen molar-refractivity contribution in [2.45, 2.75) is 10.1 Å². The minimum absolute atomic E-state index is 0.325. The predicted molar refractivity (Wildman–Crippen MR) is 160 cm³/mol. The zero-order valence-electron chi connectivity index (χ0n) is 21.1. The zero-order valence-corrected chi connectivity index (χ0v) is 22.7. The lowest BCUT2D eigenvalue weighted by Gasteiger charge is -2.04. The van der Waals surface area contributed by atoms with E-state index in [1.54, 1.807) is 34.7 Å². The van der Waals surface area contributed by atoms with Gasteiger partial charge in [0.25, 0.3) is 0 Å². The molecule has 2 heterocycles. The molecule has 4 aromatic carbocycles. The number of benzene rings is 4. The topological polar surface area (TPSA) is 72.7 Å². The van der Waals surface area contributed by atoms with Crippen LogP contribution in [0.15, 0.2) is 114 Å². The van der Waals surface area contributed by atoms with Crippen molar-refractivity contribution in [3.8, 4) is 16.9 Å². The number of carbonyl (C=O) groups excluding carboxylic acids is 1. The minimum atomic E-state index is -0.334. The average Bonchev–Trinajstić information content (AvgIpc) is 3.63. The third-order valence-corrected chi connectivity index (χ3v) is 8.18. The van der Waals surface area contributed by atoms with Crippen LogP contribution in [0.4, 0.5) is 9.52 Å². The summed E-state index contributed by atoms with van der Waals surface area (Å²) in [5.41, 5.74) is 4.19. The summed E-state index contributed by atoms with van der Waals surface area (Å²) in [5.74, 6) is 0.0928. The number of nitrogens with zero attached hydrogens (tertiary/aromatic N) is 4. The van der Waals surface area contributed by atoms with Crippen molar-refractivity contribution in [2.24, 2.45) is 0 Å². The Morgan fingerprint density at radius 1 is 0.925 bits per heavy atom. The van der Waals surface area contributed by atoms with Gasteiger partial charge >= 0.3 is 0 Å². The second-order valence-electron chi connectivity index (χ2n) is 8.84. The molecule has 0 aliphatic carbocycles. The maximum Gasteiger partial charge on any atom is 0.250 e. The molecule has 1 amide bonds. The van der Waals surface area contributed by atoms with E-state index in [1.807, 2.05) is 48.7 Å². The van der Waals surface area contributed by atoms with Crippen LogP contribution in [0.5, 0.6) is 0 Å². The summed E-state index contributed by atoms with van der Waals surface area (Å²) >= 11 is 2.92. The Hall–Kier alpha value is -4.60. The van der Waals surface area contributed by atoms with E-state index in [0.717, 1.165) is 21.3 Å². The summed E-state index contributed by atoms with van der Waals surface area (Å²) in [6, 6.07) is 30.3.